The van der Waals surface area contributed by atoms with Crippen molar-refractivity contribution in [1.29, 1.82) is 0 Å². The fourth-order valence-corrected chi connectivity index (χ4v) is 7.85. The summed E-state index contributed by atoms with van der Waals surface area (Å²) in [4.78, 5) is 35.5. The Morgan fingerprint density at radius 1 is 0.491 bits per heavy atom. The van der Waals surface area contributed by atoms with Crippen molar-refractivity contribution in [2.75, 3.05) is 13.2 Å². The van der Waals surface area contributed by atoms with Crippen molar-refractivity contribution in [2.24, 2.45) is 0 Å². The van der Waals surface area contributed by atoms with Crippen LogP contribution in [0.2, 0.25) is 0 Å². The summed E-state index contributed by atoms with van der Waals surface area (Å²) in [5, 5.41) is 50.0. The Morgan fingerprint density at radius 3 is 1.20 bits per heavy atom. The van der Waals surface area contributed by atoms with Gasteiger partial charge in [-0.25, -0.2) is 4.57 Å². The molecule has 1 aliphatic rings. The molecule has 13 nitrogen and oxygen atoms in total. The maximum Gasteiger partial charge on any atom is 0.472 e. The summed E-state index contributed by atoms with van der Waals surface area (Å²) < 4.78 is 33.4. The van der Waals surface area contributed by atoms with Gasteiger partial charge in [0.05, 0.1) is 6.61 Å². The second kappa shape index (κ2) is 32.8. The van der Waals surface area contributed by atoms with Crippen LogP contribution >= 0.6 is 7.82 Å². The number of aliphatic hydroxyl groups is 5. The molecule has 1 rings (SSSR count). The Kier molecular flexibility index (Phi) is 30.9. The summed E-state index contributed by atoms with van der Waals surface area (Å²) in [6.45, 7) is 3.29. The van der Waals surface area contributed by atoms with E-state index in [1.54, 1.807) is 0 Å². The number of unbranched alkanes of at least 4 members (excludes halogenated alkanes) is 24. The minimum absolute atomic E-state index is 0.104. The molecule has 6 N–H and O–H groups in total. The highest BCUT2D eigenvalue weighted by Crippen LogP contribution is 2.47. The predicted molar refractivity (Wildman–Crippen MR) is 212 cm³/mol. The summed E-state index contributed by atoms with van der Waals surface area (Å²) in [6.07, 6.45) is 17.4. The zero-order valence-electron chi connectivity index (χ0n) is 34.2. The summed E-state index contributed by atoms with van der Waals surface area (Å²) in [5.41, 5.74) is 0. The van der Waals surface area contributed by atoms with E-state index in [4.69, 9.17) is 18.5 Å². The molecule has 0 aromatic rings. The maximum absolute atomic E-state index is 12.8. The third-order valence-electron chi connectivity index (χ3n) is 10.4. The van der Waals surface area contributed by atoms with Gasteiger partial charge in [0.25, 0.3) is 0 Å². The Labute approximate surface area is 331 Å². The fourth-order valence-electron chi connectivity index (χ4n) is 6.88. The molecule has 0 amide bonds. The highest BCUT2D eigenvalue weighted by molar-refractivity contribution is 7.47. The minimum atomic E-state index is -5.10. The van der Waals surface area contributed by atoms with Crippen LogP contribution in [0, 0.1) is 0 Å². The third kappa shape index (κ3) is 25.7. The van der Waals surface area contributed by atoms with Gasteiger partial charge in [0, 0.05) is 12.8 Å². The van der Waals surface area contributed by atoms with Crippen molar-refractivity contribution in [3.63, 3.8) is 0 Å². The lowest BCUT2D eigenvalue weighted by atomic mass is 9.85. The van der Waals surface area contributed by atoms with E-state index in [-0.39, 0.29) is 12.8 Å². The van der Waals surface area contributed by atoms with Crippen molar-refractivity contribution >= 4 is 19.8 Å². The van der Waals surface area contributed by atoms with Crippen LogP contribution in [0.15, 0.2) is 0 Å². The van der Waals surface area contributed by atoms with Crippen LogP contribution in [0.25, 0.3) is 0 Å². The number of esters is 2. The van der Waals surface area contributed by atoms with Gasteiger partial charge in [-0.05, 0) is 12.8 Å². The molecule has 6 unspecified atom stereocenters. The first-order valence-corrected chi connectivity index (χ1v) is 23.3. The molecule has 55 heavy (non-hydrogen) atoms. The molecule has 0 aromatic carbocycles. The summed E-state index contributed by atoms with van der Waals surface area (Å²) in [5.74, 6) is -1.09. The van der Waals surface area contributed by atoms with E-state index < -0.39 is 75.7 Å². The summed E-state index contributed by atoms with van der Waals surface area (Å²) in [7, 11) is -5.10. The number of aliphatic hydroxyl groups excluding tert-OH is 5. The molecule has 1 aliphatic carbocycles. The molecule has 0 aliphatic heterocycles. The van der Waals surface area contributed by atoms with Crippen LogP contribution in [-0.2, 0) is 32.7 Å². The zero-order chi connectivity index (χ0) is 40.7. The van der Waals surface area contributed by atoms with Gasteiger partial charge in [-0.1, -0.05) is 168 Å². The van der Waals surface area contributed by atoms with Crippen molar-refractivity contribution in [3.05, 3.63) is 0 Å². The molecule has 0 spiro atoms. The van der Waals surface area contributed by atoms with E-state index >= 15 is 0 Å². The number of carbonyl (C=O) groups excluding carboxylic acids is 2. The summed E-state index contributed by atoms with van der Waals surface area (Å²) in [6, 6.07) is 0. The monoisotopic (exact) mass is 811 g/mol. The Balaban J connectivity index is 2.46. The van der Waals surface area contributed by atoms with Gasteiger partial charge < -0.3 is 39.9 Å². The van der Waals surface area contributed by atoms with Crippen molar-refractivity contribution in [3.8, 4) is 0 Å². The molecular formula is C41H79O13P. The average molecular weight is 811 g/mol. The smallest absolute Gasteiger partial charge is 0.462 e. The SMILES string of the molecule is CCCCCCCCCCCCCCCCCC(=O)OC[C@H](COP(=O)(O)OC1C(O)C(O)C(O)[C@@H](O)C1O)OC(=O)CCCCCCCCCCCCC. The largest absolute Gasteiger partial charge is 0.472 e. The van der Waals surface area contributed by atoms with E-state index in [1.165, 1.54) is 109 Å². The van der Waals surface area contributed by atoms with E-state index in [9.17, 15) is 44.6 Å². The Bertz CT molecular complexity index is 985. The van der Waals surface area contributed by atoms with Crippen molar-refractivity contribution in [2.45, 2.75) is 236 Å². The van der Waals surface area contributed by atoms with Gasteiger partial charge in [0.1, 0.15) is 43.2 Å². The van der Waals surface area contributed by atoms with Gasteiger partial charge in [-0.2, -0.15) is 0 Å². The van der Waals surface area contributed by atoms with Crippen molar-refractivity contribution < 1.29 is 63.1 Å². The topological polar surface area (TPSA) is 210 Å². The van der Waals surface area contributed by atoms with Gasteiger partial charge in [0.2, 0.25) is 0 Å². The lowest BCUT2D eigenvalue weighted by Gasteiger charge is -2.41. The van der Waals surface area contributed by atoms with Gasteiger partial charge in [-0.3, -0.25) is 18.6 Å². The van der Waals surface area contributed by atoms with Crippen LogP contribution in [0.4, 0.5) is 0 Å². The molecular weight excluding hydrogens is 731 g/mol. The van der Waals surface area contributed by atoms with E-state index in [2.05, 4.69) is 13.8 Å². The molecule has 0 radical (unpaired) electrons. The standard InChI is InChI=1S/C41H79O13P/c1-3-5-7-9-11-13-15-16-17-18-20-21-23-25-27-29-34(42)51-31-33(53-35(43)30-28-26-24-22-19-14-12-10-8-6-4-2)32-52-55(49,50)54-41-39(47)37(45)36(44)38(46)40(41)48/h33,36-41,44-48H,3-32H2,1-2H3,(H,49,50)/t33-,36?,37-,38?,39?,40?,41?/m1/s1. The molecule has 0 aromatic heterocycles. The lowest BCUT2D eigenvalue weighted by molar-refractivity contribution is -0.220. The van der Waals surface area contributed by atoms with Crippen LogP contribution in [0.3, 0.4) is 0 Å². The first kappa shape index (κ1) is 51.9. The quantitative estimate of drug-likeness (QED) is 0.0204. The van der Waals surface area contributed by atoms with Crippen molar-refractivity contribution in [1.82, 2.24) is 0 Å². The van der Waals surface area contributed by atoms with E-state index in [0.29, 0.717) is 12.8 Å². The van der Waals surface area contributed by atoms with Gasteiger partial charge in [-0.15, -0.1) is 0 Å². The molecule has 0 bridgehead atoms. The fraction of sp³-hybridized carbons (Fsp3) is 0.951. The molecule has 1 fully saturated rings. The molecule has 326 valence electrons. The lowest BCUT2D eigenvalue weighted by Crippen LogP contribution is -2.64. The van der Waals surface area contributed by atoms with Gasteiger partial charge in [0.15, 0.2) is 6.10 Å². The average Bonchev–Trinajstić information content (AvgIpc) is 3.16. The summed E-state index contributed by atoms with van der Waals surface area (Å²) >= 11 is 0. The number of rotatable bonds is 36. The highest BCUT2D eigenvalue weighted by Gasteiger charge is 2.51. The van der Waals surface area contributed by atoms with Crippen LogP contribution < -0.4 is 0 Å². The third-order valence-corrected chi connectivity index (χ3v) is 11.4. The predicted octanol–water partition coefficient (Wildman–Crippen LogP) is 7.72. The minimum Gasteiger partial charge on any atom is -0.462 e. The molecule has 1 saturated carbocycles. The first-order chi connectivity index (χ1) is 26.4. The first-order valence-electron chi connectivity index (χ1n) is 21.8. The Hall–Kier alpha value is -1.15. The highest BCUT2D eigenvalue weighted by atomic mass is 31.2. The van der Waals surface area contributed by atoms with E-state index in [0.717, 1.165) is 44.9 Å². The number of hydrogen-bond acceptors (Lipinski definition) is 12. The maximum atomic E-state index is 12.8. The number of phosphoric ester groups is 1. The van der Waals surface area contributed by atoms with Crippen LogP contribution in [0.1, 0.15) is 194 Å². The Morgan fingerprint density at radius 2 is 0.818 bits per heavy atom. The number of ether oxygens (including phenoxy) is 2. The second-order valence-electron chi connectivity index (χ2n) is 15.6. The zero-order valence-corrected chi connectivity index (χ0v) is 35.1. The number of hydrogen-bond donors (Lipinski definition) is 6. The van der Waals surface area contributed by atoms with Crippen LogP contribution in [-0.4, -0.2) is 98.3 Å². The van der Waals surface area contributed by atoms with Gasteiger partial charge >= 0.3 is 19.8 Å². The molecule has 8 atom stereocenters. The second-order valence-corrected chi connectivity index (χ2v) is 17.0. The van der Waals surface area contributed by atoms with Crippen LogP contribution in [0.5, 0.6) is 0 Å². The number of phosphoric acid groups is 1. The molecule has 0 heterocycles. The molecule has 0 saturated heterocycles. The molecule has 14 heteroatoms. The number of carbonyl (C=O) groups is 2. The van der Waals surface area contributed by atoms with E-state index in [1.807, 2.05) is 0 Å². The normalized spacial score (nSPS) is 23.0.